The first kappa shape index (κ1) is 12.0. The van der Waals surface area contributed by atoms with Crippen LogP contribution in [0.1, 0.15) is 17.3 Å². The van der Waals surface area contributed by atoms with Crippen LogP contribution in [0.5, 0.6) is 0 Å². The predicted molar refractivity (Wildman–Crippen MR) is 68.3 cm³/mol. The molecule has 0 radical (unpaired) electrons. The number of aliphatic hydroxyl groups excluding tert-OH is 1. The summed E-state index contributed by atoms with van der Waals surface area (Å²) in [7, 11) is 1.69. The number of hydrogen-bond acceptors (Lipinski definition) is 4. The molecule has 1 unspecified atom stereocenters. The summed E-state index contributed by atoms with van der Waals surface area (Å²) < 4.78 is 1.00. The van der Waals surface area contributed by atoms with Crippen molar-refractivity contribution in [3.8, 4) is 0 Å². The fraction of sp³-hybridized carbons (Fsp3) is 0.333. The van der Waals surface area contributed by atoms with E-state index in [0.29, 0.717) is 12.1 Å². The van der Waals surface area contributed by atoms with Gasteiger partial charge in [-0.3, -0.25) is 4.79 Å². The van der Waals surface area contributed by atoms with Crippen molar-refractivity contribution in [1.29, 1.82) is 0 Å². The van der Waals surface area contributed by atoms with E-state index in [2.05, 4.69) is 4.98 Å². The molecule has 0 aliphatic rings. The van der Waals surface area contributed by atoms with Gasteiger partial charge in [0.1, 0.15) is 0 Å². The lowest BCUT2D eigenvalue weighted by atomic mass is 10.2. The van der Waals surface area contributed by atoms with Crippen molar-refractivity contribution in [2.24, 2.45) is 0 Å². The maximum absolute atomic E-state index is 12.0. The first-order valence-corrected chi connectivity index (χ1v) is 6.22. The van der Waals surface area contributed by atoms with Crippen LogP contribution in [0.25, 0.3) is 10.2 Å². The van der Waals surface area contributed by atoms with Gasteiger partial charge in [0.15, 0.2) is 0 Å². The van der Waals surface area contributed by atoms with Gasteiger partial charge in [-0.2, -0.15) is 0 Å². The molecule has 1 aromatic carbocycles. The molecule has 1 heterocycles. The highest BCUT2D eigenvalue weighted by Gasteiger charge is 2.14. The van der Waals surface area contributed by atoms with Crippen LogP contribution in [-0.2, 0) is 0 Å². The zero-order valence-electron chi connectivity index (χ0n) is 9.75. The van der Waals surface area contributed by atoms with E-state index in [-0.39, 0.29) is 5.91 Å². The van der Waals surface area contributed by atoms with Crippen LogP contribution >= 0.6 is 11.3 Å². The Morgan fingerprint density at radius 3 is 3.06 bits per heavy atom. The van der Waals surface area contributed by atoms with Crippen LogP contribution in [0.3, 0.4) is 0 Å². The Kier molecular flexibility index (Phi) is 3.40. The van der Waals surface area contributed by atoms with Crippen molar-refractivity contribution in [1.82, 2.24) is 9.88 Å². The summed E-state index contributed by atoms with van der Waals surface area (Å²) in [6.45, 7) is 2.00. The molecule has 1 N–H and O–H groups in total. The van der Waals surface area contributed by atoms with E-state index in [0.717, 1.165) is 10.2 Å². The van der Waals surface area contributed by atoms with E-state index in [9.17, 15) is 9.90 Å². The molecule has 2 aromatic rings. The monoisotopic (exact) mass is 250 g/mol. The average molecular weight is 250 g/mol. The first-order valence-electron chi connectivity index (χ1n) is 5.34. The highest BCUT2D eigenvalue weighted by atomic mass is 32.1. The van der Waals surface area contributed by atoms with Gasteiger partial charge in [0.25, 0.3) is 5.91 Å². The summed E-state index contributed by atoms with van der Waals surface area (Å²) in [6.07, 6.45) is -0.518. The minimum absolute atomic E-state index is 0.0822. The SMILES string of the molecule is CC(O)CN(C)C(=O)c1ccc2ncsc2c1. The van der Waals surface area contributed by atoms with Gasteiger partial charge in [-0.25, -0.2) is 4.98 Å². The van der Waals surface area contributed by atoms with Crippen LogP contribution < -0.4 is 0 Å². The molecular formula is C12H14N2O2S. The van der Waals surface area contributed by atoms with Crippen molar-refractivity contribution in [2.45, 2.75) is 13.0 Å². The number of amides is 1. The summed E-state index contributed by atoms with van der Waals surface area (Å²) in [5, 5.41) is 9.26. The number of rotatable bonds is 3. The molecule has 4 nitrogen and oxygen atoms in total. The fourth-order valence-electron chi connectivity index (χ4n) is 1.69. The molecule has 1 aromatic heterocycles. The van der Waals surface area contributed by atoms with Gasteiger partial charge in [0.05, 0.1) is 21.8 Å². The summed E-state index contributed by atoms with van der Waals surface area (Å²) in [6, 6.07) is 5.45. The molecule has 17 heavy (non-hydrogen) atoms. The first-order chi connectivity index (χ1) is 8.08. The van der Waals surface area contributed by atoms with Crippen LogP contribution in [0.2, 0.25) is 0 Å². The largest absolute Gasteiger partial charge is 0.392 e. The summed E-state index contributed by atoms with van der Waals surface area (Å²) in [4.78, 5) is 17.7. The number of nitrogens with zero attached hydrogens (tertiary/aromatic N) is 2. The number of carbonyl (C=O) groups is 1. The fourth-order valence-corrected chi connectivity index (χ4v) is 2.40. The van der Waals surface area contributed by atoms with Crippen LogP contribution in [0.4, 0.5) is 0 Å². The third-order valence-corrected chi connectivity index (χ3v) is 3.25. The zero-order valence-corrected chi connectivity index (χ0v) is 10.6. The smallest absolute Gasteiger partial charge is 0.253 e. The quantitative estimate of drug-likeness (QED) is 0.903. The second kappa shape index (κ2) is 4.81. The molecule has 2 rings (SSSR count). The number of aromatic nitrogens is 1. The second-order valence-electron chi connectivity index (χ2n) is 4.07. The normalized spacial score (nSPS) is 12.6. The summed E-state index contributed by atoms with van der Waals surface area (Å²) in [5.74, 6) is -0.0822. The van der Waals surface area contributed by atoms with Crippen molar-refractivity contribution in [3.63, 3.8) is 0 Å². The van der Waals surface area contributed by atoms with E-state index in [1.165, 1.54) is 16.2 Å². The molecule has 1 amide bonds. The van der Waals surface area contributed by atoms with Crippen molar-refractivity contribution in [3.05, 3.63) is 29.3 Å². The lowest BCUT2D eigenvalue weighted by Gasteiger charge is -2.18. The number of hydrogen-bond donors (Lipinski definition) is 1. The molecule has 0 bridgehead atoms. The van der Waals surface area contributed by atoms with Gasteiger partial charge in [-0.1, -0.05) is 0 Å². The minimum Gasteiger partial charge on any atom is -0.392 e. The minimum atomic E-state index is -0.518. The Hall–Kier alpha value is -1.46. The number of fused-ring (bicyclic) bond motifs is 1. The molecule has 5 heteroatoms. The number of aliphatic hydroxyl groups is 1. The van der Waals surface area contributed by atoms with Gasteiger partial charge in [0, 0.05) is 19.2 Å². The maximum atomic E-state index is 12.0. The van der Waals surface area contributed by atoms with E-state index in [1.807, 2.05) is 12.1 Å². The standard InChI is InChI=1S/C12H14N2O2S/c1-8(15)6-14(2)12(16)9-3-4-10-11(5-9)17-7-13-10/h3-5,7-8,15H,6H2,1-2H3. The molecule has 0 saturated heterocycles. The summed E-state index contributed by atoms with van der Waals surface area (Å²) >= 11 is 1.51. The van der Waals surface area contributed by atoms with Gasteiger partial charge < -0.3 is 10.0 Å². The number of likely N-dealkylation sites (N-methyl/N-ethyl adjacent to an activating group) is 1. The van der Waals surface area contributed by atoms with Crippen LogP contribution in [-0.4, -0.2) is 40.6 Å². The van der Waals surface area contributed by atoms with Gasteiger partial charge in [0.2, 0.25) is 0 Å². The Balaban J connectivity index is 2.23. The average Bonchev–Trinajstić information content (AvgIpc) is 2.73. The third kappa shape index (κ3) is 2.62. The van der Waals surface area contributed by atoms with Gasteiger partial charge in [-0.15, -0.1) is 11.3 Å². The number of benzene rings is 1. The molecule has 1 atom stereocenters. The third-order valence-electron chi connectivity index (χ3n) is 2.46. The van der Waals surface area contributed by atoms with E-state index >= 15 is 0 Å². The Morgan fingerprint density at radius 1 is 1.59 bits per heavy atom. The molecule has 0 spiro atoms. The lowest BCUT2D eigenvalue weighted by molar-refractivity contribution is 0.0704. The Labute approximate surface area is 104 Å². The molecular weight excluding hydrogens is 236 g/mol. The maximum Gasteiger partial charge on any atom is 0.253 e. The van der Waals surface area contributed by atoms with E-state index in [1.54, 1.807) is 25.5 Å². The Bertz CT molecular complexity index is 536. The predicted octanol–water partition coefficient (Wildman–Crippen LogP) is 1.75. The molecule has 0 aliphatic heterocycles. The van der Waals surface area contributed by atoms with Crippen molar-refractivity contribution >= 4 is 27.5 Å². The van der Waals surface area contributed by atoms with Crippen LogP contribution in [0, 0.1) is 0 Å². The van der Waals surface area contributed by atoms with Gasteiger partial charge in [-0.05, 0) is 25.1 Å². The topological polar surface area (TPSA) is 53.4 Å². The van der Waals surface area contributed by atoms with Crippen LogP contribution in [0.15, 0.2) is 23.7 Å². The van der Waals surface area contributed by atoms with Crippen molar-refractivity contribution < 1.29 is 9.90 Å². The molecule has 90 valence electrons. The number of carbonyl (C=O) groups excluding carboxylic acids is 1. The van der Waals surface area contributed by atoms with E-state index < -0.39 is 6.10 Å². The zero-order chi connectivity index (χ0) is 12.4. The van der Waals surface area contributed by atoms with Crippen molar-refractivity contribution in [2.75, 3.05) is 13.6 Å². The van der Waals surface area contributed by atoms with Gasteiger partial charge >= 0.3 is 0 Å². The lowest BCUT2D eigenvalue weighted by Crippen LogP contribution is -2.32. The van der Waals surface area contributed by atoms with E-state index in [4.69, 9.17) is 0 Å². The second-order valence-corrected chi connectivity index (χ2v) is 4.96. The highest BCUT2D eigenvalue weighted by Crippen LogP contribution is 2.19. The molecule has 0 saturated carbocycles. The Morgan fingerprint density at radius 2 is 2.35 bits per heavy atom. The number of thiazole rings is 1. The molecule has 0 aliphatic carbocycles. The summed E-state index contributed by atoms with van der Waals surface area (Å²) in [5.41, 5.74) is 3.30. The highest BCUT2D eigenvalue weighted by molar-refractivity contribution is 7.16. The molecule has 0 fully saturated rings.